The minimum Gasteiger partial charge on any atom is -0.382 e. The van der Waals surface area contributed by atoms with E-state index in [1.807, 2.05) is 45.6 Å². The molecule has 0 radical (unpaired) electrons. The van der Waals surface area contributed by atoms with Gasteiger partial charge in [-0.15, -0.1) is 0 Å². The van der Waals surface area contributed by atoms with Crippen LogP contribution in [0.5, 0.6) is 5.75 Å². The van der Waals surface area contributed by atoms with Crippen LogP contribution < -0.4 is 4.18 Å². The van der Waals surface area contributed by atoms with Gasteiger partial charge in [-0.25, -0.2) is 0 Å². The Labute approximate surface area is 152 Å². The van der Waals surface area contributed by atoms with E-state index in [9.17, 15) is 13.2 Å². The van der Waals surface area contributed by atoms with Crippen molar-refractivity contribution in [3.05, 3.63) is 29.8 Å². The third-order valence-electron chi connectivity index (χ3n) is 4.01. The molecule has 0 heterocycles. The molecule has 25 heavy (non-hydrogen) atoms. The maximum atomic E-state index is 12.8. The second kappa shape index (κ2) is 8.70. The highest BCUT2D eigenvalue weighted by molar-refractivity contribution is 7.87. The van der Waals surface area contributed by atoms with E-state index in [0.29, 0.717) is 24.3 Å². The predicted octanol–water partition coefficient (Wildman–Crippen LogP) is 3.98. The van der Waals surface area contributed by atoms with Gasteiger partial charge in [-0.3, -0.25) is 4.79 Å². The van der Waals surface area contributed by atoms with Crippen LogP contribution in [0.25, 0.3) is 0 Å². The molecule has 1 aromatic rings. The summed E-state index contributed by atoms with van der Waals surface area (Å²) in [5, 5.41) is 0. The largest absolute Gasteiger partial charge is 0.382 e. The topological polar surface area (TPSA) is 63.7 Å². The Hall–Kier alpha value is -1.56. The molecule has 6 heteroatoms. The average Bonchev–Trinajstić information content (AvgIpc) is 2.51. The Morgan fingerprint density at radius 3 is 2.32 bits per heavy atom. The summed E-state index contributed by atoms with van der Waals surface area (Å²) in [6, 6.07) is 7.05. The number of carbonyl (C=O) groups excluding carboxylic acids is 1. The molecule has 0 unspecified atom stereocenters. The van der Waals surface area contributed by atoms with Gasteiger partial charge in [0.05, 0.1) is 5.75 Å². The number of para-hydroxylation sites is 1. The van der Waals surface area contributed by atoms with Crippen LogP contribution in [-0.4, -0.2) is 31.0 Å². The first-order chi connectivity index (χ1) is 11.5. The van der Waals surface area contributed by atoms with Crippen molar-refractivity contribution in [2.45, 2.75) is 67.0 Å². The summed E-state index contributed by atoms with van der Waals surface area (Å²) >= 11 is 0. The van der Waals surface area contributed by atoms with Crippen molar-refractivity contribution in [2.75, 3.05) is 5.75 Å². The molecule has 1 atom stereocenters. The van der Waals surface area contributed by atoms with Crippen LogP contribution in [0.4, 0.5) is 0 Å². The van der Waals surface area contributed by atoms with Crippen LogP contribution in [0, 0.1) is 5.41 Å². The molecule has 0 aliphatic heterocycles. The SMILES string of the molecule is CC[C@@H](C)N(Cc1ccccc1OS(=O)(=O)CC)C(=O)CC(C)(C)C. The highest BCUT2D eigenvalue weighted by atomic mass is 32.2. The van der Waals surface area contributed by atoms with E-state index in [0.717, 1.165) is 6.42 Å². The average molecular weight is 370 g/mol. The van der Waals surface area contributed by atoms with Gasteiger partial charge in [-0.1, -0.05) is 45.9 Å². The number of rotatable bonds is 8. The molecule has 0 aliphatic carbocycles. The fraction of sp³-hybridized carbons (Fsp3) is 0.632. The summed E-state index contributed by atoms with van der Waals surface area (Å²) in [7, 11) is -3.61. The number of amides is 1. The minimum absolute atomic E-state index is 0.0608. The zero-order chi connectivity index (χ0) is 19.3. The van der Waals surface area contributed by atoms with Gasteiger partial charge in [-0.05, 0) is 31.7 Å². The Balaban J connectivity index is 3.11. The van der Waals surface area contributed by atoms with Gasteiger partial charge in [-0.2, -0.15) is 8.42 Å². The number of benzene rings is 1. The molecule has 0 aromatic heterocycles. The van der Waals surface area contributed by atoms with Gasteiger partial charge < -0.3 is 9.08 Å². The Kier molecular flexibility index (Phi) is 7.47. The summed E-state index contributed by atoms with van der Waals surface area (Å²) < 4.78 is 28.8. The summed E-state index contributed by atoms with van der Waals surface area (Å²) in [5.74, 6) is 0.260. The van der Waals surface area contributed by atoms with Gasteiger partial charge in [0, 0.05) is 24.6 Å². The van der Waals surface area contributed by atoms with E-state index in [1.54, 1.807) is 18.2 Å². The molecule has 1 aromatic carbocycles. The van der Waals surface area contributed by atoms with Crippen molar-refractivity contribution in [1.29, 1.82) is 0 Å². The van der Waals surface area contributed by atoms with E-state index >= 15 is 0 Å². The lowest BCUT2D eigenvalue weighted by Crippen LogP contribution is -2.39. The maximum absolute atomic E-state index is 12.8. The lowest BCUT2D eigenvalue weighted by Gasteiger charge is -2.32. The molecule has 0 saturated carbocycles. The lowest BCUT2D eigenvalue weighted by atomic mass is 9.91. The molecule has 142 valence electrons. The van der Waals surface area contributed by atoms with Crippen LogP contribution in [0.3, 0.4) is 0 Å². The lowest BCUT2D eigenvalue weighted by molar-refractivity contribution is -0.135. The number of nitrogens with zero attached hydrogens (tertiary/aromatic N) is 1. The summed E-state index contributed by atoms with van der Waals surface area (Å²) in [4.78, 5) is 14.6. The van der Waals surface area contributed by atoms with E-state index in [4.69, 9.17) is 4.18 Å². The Morgan fingerprint density at radius 2 is 1.80 bits per heavy atom. The quantitative estimate of drug-likeness (QED) is 0.650. The molecule has 1 rings (SSSR count). The van der Waals surface area contributed by atoms with Gasteiger partial charge >= 0.3 is 10.1 Å². The monoisotopic (exact) mass is 369 g/mol. The van der Waals surface area contributed by atoms with Gasteiger partial charge in [0.15, 0.2) is 0 Å². The summed E-state index contributed by atoms with van der Waals surface area (Å²) in [6.45, 7) is 12.0. The fourth-order valence-electron chi connectivity index (χ4n) is 2.36. The normalized spacial score (nSPS) is 13.4. The first-order valence-corrected chi connectivity index (χ1v) is 10.4. The fourth-order valence-corrected chi connectivity index (χ4v) is 2.91. The highest BCUT2D eigenvalue weighted by Crippen LogP contribution is 2.26. The molecular weight excluding hydrogens is 338 g/mol. The van der Waals surface area contributed by atoms with Crippen molar-refractivity contribution < 1.29 is 17.4 Å². The molecule has 0 bridgehead atoms. The van der Waals surface area contributed by atoms with Crippen molar-refractivity contribution in [1.82, 2.24) is 4.90 Å². The zero-order valence-electron chi connectivity index (χ0n) is 16.2. The number of carbonyl (C=O) groups is 1. The highest BCUT2D eigenvalue weighted by Gasteiger charge is 2.25. The molecule has 0 N–H and O–H groups in total. The predicted molar refractivity (Wildman–Crippen MR) is 101 cm³/mol. The molecule has 5 nitrogen and oxygen atoms in total. The van der Waals surface area contributed by atoms with Crippen LogP contribution in [0.15, 0.2) is 24.3 Å². The third kappa shape index (κ3) is 7.06. The summed E-state index contributed by atoms with van der Waals surface area (Å²) in [5.41, 5.74) is 0.590. The standard InChI is InChI=1S/C19H31NO4S/c1-7-15(3)20(18(21)13-19(4,5)6)14-16-11-9-10-12-17(16)24-25(22,23)8-2/h9-12,15H,7-8,13-14H2,1-6H3/t15-/m1/s1. The van der Waals surface area contributed by atoms with Crippen molar-refractivity contribution in [3.8, 4) is 5.75 Å². The second-order valence-electron chi connectivity index (χ2n) is 7.55. The first-order valence-electron chi connectivity index (χ1n) is 8.78. The van der Waals surface area contributed by atoms with Crippen LogP contribution >= 0.6 is 0 Å². The molecule has 0 aliphatic rings. The third-order valence-corrected chi connectivity index (χ3v) is 5.15. The molecule has 1 amide bonds. The Bertz CT molecular complexity index is 677. The maximum Gasteiger partial charge on any atom is 0.308 e. The molecule has 0 spiro atoms. The molecule has 0 fully saturated rings. The van der Waals surface area contributed by atoms with Crippen molar-refractivity contribution in [3.63, 3.8) is 0 Å². The van der Waals surface area contributed by atoms with E-state index in [-0.39, 0.29) is 23.1 Å². The number of hydrogen-bond donors (Lipinski definition) is 0. The minimum atomic E-state index is -3.61. The number of hydrogen-bond acceptors (Lipinski definition) is 4. The first kappa shape index (κ1) is 21.5. The Morgan fingerprint density at radius 1 is 1.20 bits per heavy atom. The van der Waals surface area contributed by atoms with Gasteiger partial charge in [0.1, 0.15) is 5.75 Å². The van der Waals surface area contributed by atoms with E-state index < -0.39 is 10.1 Å². The van der Waals surface area contributed by atoms with Crippen LogP contribution in [0.2, 0.25) is 0 Å². The van der Waals surface area contributed by atoms with E-state index in [1.165, 1.54) is 6.92 Å². The zero-order valence-corrected chi connectivity index (χ0v) is 17.0. The van der Waals surface area contributed by atoms with Gasteiger partial charge in [0.2, 0.25) is 5.91 Å². The molecular formula is C19H31NO4S. The van der Waals surface area contributed by atoms with Gasteiger partial charge in [0.25, 0.3) is 0 Å². The van der Waals surface area contributed by atoms with E-state index in [2.05, 4.69) is 0 Å². The van der Waals surface area contributed by atoms with Crippen molar-refractivity contribution >= 4 is 16.0 Å². The second-order valence-corrected chi connectivity index (χ2v) is 9.41. The molecule has 0 saturated heterocycles. The smallest absolute Gasteiger partial charge is 0.308 e. The van der Waals surface area contributed by atoms with Crippen molar-refractivity contribution in [2.24, 2.45) is 5.41 Å². The van der Waals surface area contributed by atoms with Crippen LogP contribution in [0.1, 0.15) is 59.9 Å². The summed E-state index contributed by atoms with van der Waals surface area (Å²) in [6.07, 6.45) is 1.26. The van der Waals surface area contributed by atoms with Crippen LogP contribution in [-0.2, 0) is 21.5 Å².